The molecule has 0 saturated heterocycles. The van der Waals surface area contributed by atoms with Crippen LogP contribution in [0.2, 0.25) is 0 Å². The molecule has 3 rings (SSSR count). The van der Waals surface area contributed by atoms with Gasteiger partial charge in [0, 0.05) is 28.1 Å². The molecule has 0 unspecified atom stereocenters. The van der Waals surface area contributed by atoms with Crippen molar-refractivity contribution in [3.05, 3.63) is 76.5 Å². The molecule has 3 aromatic rings. The molecular formula is C22H22N2O3S2. The summed E-state index contributed by atoms with van der Waals surface area (Å²) in [4.78, 5) is 26.9. The van der Waals surface area contributed by atoms with Crippen molar-refractivity contribution in [2.24, 2.45) is 0 Å². The van der Waals surface area contributed by atoms with Gasteiger partial charge in [-0.15, -0.1) is 23.1 Å². The van der Waals surface area contributed by atoms with Crippen LogP contribution in [0.5, 0.6) is 5.75 Å². The van der Waals surface area contributed by atoms with Gasteiger partial charge in [-0.1, -0.05) is 24.3 Å². The van der Waals surface area contributed by atoms with E-state index in [1.54, 1.807) is 36.6 Å². The lowest BCUT2D eigenvalue weighted by Crippen LogP contribution is -2.26. The third kappa shape index (κ3) is 6.37. The number of rotatable bonds is 9. The van der Waals surface area contributed by atoms with Crippen LogP contribution in [0.4, 0.5) is 5.69 Å². The quantitative estimate of drug-likeness (QED) is 0.496. The standard InChI is InChI=1S/C22H22N2O3S2/c1-27-17-7-4-6-16(14-17)24-21(25)15-29-20-10-3-2-9-19(20)22(26)23-12-11-18-8-5-13-28-18/h2-10,13-14H,11-12,15H2,1H3,(H,23,26)(H,24,25). The molecule has 1 heterocycles. The fourth-order valence-corrected chi connectivity index (χ4v) is 4.23. The van der Waals surface area contributed by atoms with E-state index in [9.17, 15) is 9.59 Å². The van der Waals surface area contributed by atoms with Crippen molar-refractivity contribution in [1.82, 2.24) is 5.32 Å². The van der Waals surface area contributed by atoms with E-state index in [0.717, 1.165) is 11.3 Å². The second-order valence-electron chi connectivity index (χ2n) is 6.15. The third-order valence-electron chi connectivity index (χ3n) is 4.08. The van der Waals surface area contributed by atoms with Crippen molar-refractivity contribution in [2.75, 3.05) is 24.7 Å². The Morgan fingerprint density at radius 1 is 1.07 bits per heavy atom. The van der Waals surface area contributed by atoms with E-state index in [2.05, 4.69) is 16.7 Å². The van der Waals surface area contributed by atoms with E-state index >= 15 is 0 Å². The molecule has 7 heteroatoms. The zero-order valence-corrected chi connectivity index (χ0v) is 17.6. The minimum atomic E-state index is -0.142. The zero-order chi connectivity index (χ0) is 20.5. The summed E-state index contributed by atoms with van der Waals surface area (Å²) in [6.07, 6.45) is 0.807. The second-order valence-corrected chi connectivity index (χ2v) is 8.20. The molecule has 2 aromatic carbocycles. The lowest BCUT2D eigenvalue weighted by atomic mass is 10.2. The van der Waals surface area contributed by atoms with Gasteiger partial charge in [-0.05, 0) is 42.1 Å². The predicted octanol–water partition coefficient (Wildman–Crippen LogP) is 4.46. The maximum Gasteiger partial charge on any atom is 0.252 e. The maximum absolute atomic E-state index is 12.6. The number of ether oxygens (including phenoxy) is 1. The Morgan fingerprint density at radius 3 is 2.72 bits per heavy atom. The SMILES string of the molecule is COc1cccc(NC(=O)CSc2ccccc2C(=O)NCCc2cccs2)c1. The van der Waals surface area contributed by atoms with Gasteiger partial charge in [0.05, 0.1) is 18.4 Å². The van der Waals surface area contributed by atoms with E-state index in [1.165, 1.54) is 16.6 Å². The molecule has 150 valence electrons. The van der Waals surface area contributed by atoms with Gasteiger partial charge in [0.15, 0.2) is 0 Å². The average molecular weight is 427 g/mol. The summed E-state index contributed by atoms with van der Waals surface area (Å²) in [5.41, 5.74) is 1.26. The van der Waals surface area contributed by atoms with E-state index in [-0.39, 0.29) is 17.6 Å². The lowest BCUT2D eigenvalue weighted by Gasteiger charge is -2.10. The number of methoxy groups -OCH3 is 1. The van der Waals surface area contributed by atoms with Crippen LogP contribution in [-0.4, -0.2) is 31.2 Å². The molecular weight excluding hydrogens is 404 g/mol. The first-order chi connectivity index (χ1) is 14.2. The lowest BCUT2D eigenvalue weighted by molar-refractivity contribution is -0.113. The van der Waals surface area contributed by atoms with Gasteiger partial charge in [-0.25, -0.2) is 0 Å². The number of thiophene rings is 1. The number of benzene rings is 2. The minimum absolute atomic E-state index is 0.127. The molecule has 5 nitrogen and oxygen atoms in total. The zero-order valence-electron chi connectivity index (χ0n) is 16.0. The molecule has 0 aliphatic heterocycles. The van der Waals surface area contributed by atoms with Gasteiger partial charge >= 0.3 is 0 Å². The van der Waals surface area contributed by atoms with Crippen molar-refractivity contribution in [2.45, 2.75) is 11.3 Å². The van der Waals surface area contributed by atoms with Crippen LogP contribution >= 0.6 is 23.1 Å². The van der Waals surface area contributed by atoms with Gasteiger partial charge in [-0.3, -0.25) is 9.59 Å². The number of amides is 2. The Morgan fingerprint density at radius 2 is 1.93 bits per heavy atom. The highest BCUT2D eigenvalue weighted by molar-refractivity contribution is 8.00. The number of hydrogen-bond acceptors (Lipinski definition) is 5. The number of thioether (sulfide) groups is 1. The number of carbonyl (C=O) groups is 2. The molecule has 2 N–H and O–H groups in total. The highest BCUT2D eigenvalue weighted by atomic mass is 32.2. The van der Waals surface area contributed by atoms with Crippen LogP contribution in [0, 0.1) is 0 Å². The molecule has 0 aliphatic rings. The van der Waals surface area contributed by atoms with Gasteiger partial charge in [0.1, 0.15) is 5.75 Å². The molecule has 1 aromatic heterocycles. The van der Waals surface area contributed by atoms with E-state index in [1.807, 2.05) is 41.8 Å². The van der Waals surface area contributed by atoms with Crippen molar-refractivity contribution in [3.63, 3.8) is 0 Å². The fourth-order valence-electron chi connectivity index (χ4n) is 2.67. The molecule has 0 saturated carbocycles. The highest BCUT2D eigenvalue weighted by Gasteiger charge is 2.13. The summed E-state index contributed by atoms with van der Waals surface area (Å²) in [6, 6.07) is 18.6. The second kappa shape index (κ2) is 10.7. The summed E-state index contributed by atoms with van der Waals surface area (Å²) >= 11 is 3.02. The fraction of sp³-hybridized carbons (Fsp3) is 0.182. The molecule has 0 spiro atoms. The van der Waals surface area contributed by atoms with Crippen LogP contribution < -0.4 is 15.4 Å². The summed E-state index contributed by atoms with van der Waals surface area (Å²) in [5.74, 6) is 0.616. The number of carbonyl (C=O) groups excluding carboxylic acids is 2. The largest absolute Gasteiger partial charge is 0.497 e. The maximum atomic E-state index is 12.6. The van der Waals surface area contributed by atoms with Crippen molar-refractivity contribution in [3.8, 4) is 5.75 Å². The van der Waals surface area contributed by atoms with E-state index < -0.39 is 0 Å². The number of anilines is 1. The summed E-state index contributed by atoms with van der Waals surface area (Å²) in [7, 11) is 1.58. The monoisotopic (exact) mass is 426 g/mol. The van der Waals surface area contributed by atoms with Crippen LogP contribution in [0.1, 0.15) is 15.2 Å². The van der Waals surface area contributed by atoms with Gasteiger partial charge in [0.25, 0.3) is 5.91 Å². The van der Waals surface area contributed by atoms with Crippen LogP contribution in [0.15, 0.2) is 70.9 Å². The first-order valence-corrected chi connectivity index (χ1v) is 11.0. The Labute approximate surface area is 178 Å². The first-order valence-electron chi connectivity index (χ1n) is 9.12. The Bertz CT molecular complexity index is 958. The van der Waals surface area contributed by atoms with Gasteiger partial charge in [0.2, 0.25) is 5.91 Å². The summed E-state index contributed by atoms with van der Waals surface area (Å²) in [6.45, 7) is 0.578. The van der Waals surface area contributed by atoms with Crippen molar-refractivity contribution in [1.29, 1.82) is 0 Å². The topological polar surface area (TPSA) is 67.4 Å². The van der Waals surface area contributed by atoms with Crippen LogP contribution in [0.3, 0.4) is 0 Å². The number of hydrogen-bond donors (Lipinski definition) is 2. The van der Waals surface area contributed by atoms with Gasteiger partial charge in [-0.2, -0.15) is 0 Å². The Kier molecular flexibility index (Phi) is 7.72. The minimum Gasteiger partial charge on any atom is -0.497 e. The normalized spacial score (nSPS) is 10.4. The Hall–Kier alpha value is -2.77. The molecule has 29 heavy (non-hydrogen) atoms. The van der Waals surface area contributed by atoms with Crippen molar-refractivity contribution < 1.29 is 14.3 Å². The van der Waals surface area contributed by atoms with E-state index in [4.69, 9.17) is 4.74 Å². The van der Waals surface area contributed by atoms with Gasteiger partial charge < -0.3 is 15.4 Å². The number of nitrogens with one attached hydrogen (secondary N) is 2. The molecule has 2 amide bonds. The van der Waals surface area contributed by atoms with Crippen LogP contribution in [0.25, 0.3) is 0 Å². The van der Waals surface area contributed by atoms with Crippen LogP contribution in [-0.2, 0) is 11.2 Å². The average Bonchev–Trinajstić information content (AvgIpc) is 3.26. The summed E-state index contributed by atoms with van der Waals surface area (Å²) in [5, 5.41) is 7.83. The molecule has 0 radical (unpaired) electrons. The molecule has 0 atom stereocenters. The molecule has 0 aliphatic carbocycles. The smallest absolute Gasteiger partial charge is 0.252 e. The third-order valence-corrected chi connectivity index (χ3v) is 6.09. The van der Waals surface area contributed by atoms with E-state index in [0.29, 0.717) is 23.5 Å². The molecule has 0 fully saturated rings. The van der Waals surface area contributed by atoms with Crippen molar-refractivity contribution >= 4 is 40.6 Å². The Balaban J connectivity index is 1.54. The predicted molar refractivity (Wildman–Crippen MR) is 119 cm³/mol. The summed E-state index contributed by atoms with van der Waals surface area (Å²) < 4.78 is 5.16. The highest BCUT2D eigenvalue weighted by Crippen LogP contribution is 2.23. The first kappa shape index (κ1) is 21.0. The molecule has 0 bridgehead atoms.